The zero-order chi connectivity index (χ0) is 21.7. The first-order valence-electron chi connectivity index (χ1n) is 9.65. The number of hydrogen-bond donors (Lipinski definition) is 0. The topological polar surface area (TPSA) is 60.2 Å². The van der Waals surface area contributed by atoms with E-state index in [9.17, 15) is 4.79 Å². The van der Waals surface area contributed by atoms with Crippen molar-refractivity contribution in [2.75, 3.05) is 13.2 Å². The lowest BCUT2D eigenvalue weighted by Crippen LogP contribution is -2.17. The van der Waals surface area contributed by atoms with Crippen LogP contribution >= 0.6 is 23.2 Å². The van der Waals surface area contributed by atoms with Gasteiger partial charge in [0.1, 0.15) is 13.2 Å². The molecule has 0 unspecified atom stereocenters. The molecule has 2 aliphatic rings. The van der Waals surface area contributed by atoms with Crippen molar-refractivity contribution >= 4 is 40.8 Å². The van der Waals surface area contributed by atoms with Gasteiger partial charge in [-0.3, -0.25) is 4.79 Å². The molecule has 7 heteroatoms. The van der Waals surface area contributed by atoms with Gasteiger partial charge < -0.3 is 9.47 Å². The molecule has 30 heavy (non-hydrogen) atoms. The highest BCUT2D eigenvalue weighted by molar-refractivity contribution is 6.35. The molecule has 4 rings (SSSR count). The summed E-state index contributed by atoms with van der Waals surface area (Å²) in [7, 11) is 0. The first-order valence-corrected chi connectivity index (χ1v) is 10.4. The van der Waals surface area contributed by atoms with E-state index in [1.807, 2.05) is 27.7 Å². The van der Waals surface area contributed by atoms with Gasteiger partial charge in [0, 0.05) is 11.1 Å². The van der Waals surface area contributed by atoms with Crippen LogP contribution in [0, 0.1) is 0 Å². The van der Waals surface area contributed by atoms with Crippen LogP contribution in [0.15, 0.2) is 46.4 Å². The van der Waals surface area contributed by atoms with E-state index < -0.39 is 0 Å². The summed E-state index contributed by atoms with van der Waals surface area (Å²) in [5.41, 5.74) is 1.53. The molecule has 0 amide bonds. The van der Waals surface area contributed by atoms with E-state index in [0.29, 0.717) is 57.3 Å². The molecule has 0 aliphatic carbocycles. The SMILES string of the molecule is CC1(C)COC(c2cc(C(=O)c3ccc(Cl)c(C4=NC(C)(C)CO4)c3)ccc2Cl)=N1. The molecular weight excluding hydrogens is 423 g/mol. The monoisotopic (exact) mass is 444 g/mol. The van der Waals surface area contributed by atoms with E-state index in [0.717, 1.165) is 0 Å². The first-order chi connectivity index (χ1) is 14.0. The zero-order valence-electron chi connectivity index (χ0n) is 17.3. The second-order valence-corrected chi connectivity index (χ2v) is 9.57. The molecule has 0 bridgehead atoms. The van der Waals surface area contributed by atoms with E-state index in [1.54, 1.807) is 36.4 Å². The molecule has 0 N–H and O–H groups in total. The largest absolute Gasteiger partial charge is 0.475 e. The smallest absolute Gasteiger partial charge is 0.218 e. The maximum Gasteiger partial charge on any atom is 0.218 e. The lowest BCUT2D eigenvalue weighted by molar-refractivity contribution is 0.103. The van der Waals surface area contributed by atoms with Crippen LogP contribution < -0.4 is 0 Å². The minimum atomic E-state index is -0.320. The number of carbonyl (C=O) groups excluding carboxylic acids is 1. The number of nitrogens with zero attached hydrogens (tertiary/aromatic N) is 2. The van der Waals surface area contributed by atoms with Crippen molar-refractivity contribution in [2.45, 2.75) is 38.8 Å². The van der Waals surface area contributed by atoms with Crippen molar-refractivity contribution < 1.29 is 14.3 Å². The fraction of sp³-hybridized carbons (Fsp3) is 0.348. The fourth-order valence-electron chi connectivity index (χ4n) is 3.27. The van der Waals surface area contributed by atoms with Gasteiger partial charge in [0.15, 0.2) is 5.78 Å². The number of aliphatic imine (C=N–C) groups is 2. The minimum Gasteiger partial charge on any atom is -0.475 e. The molecule has 2 aromatic carbocycles. The normalized spacial score (nSPS) is 19.0. The van der Waals surface area contributed by atoms with E-state index in [4.69, 9.17) is 32.7 Å². The van der Waals surface area contributed by atoms with Crippen LogP contribution in [0.2, 0.25) is 10.0 Å². The van der Waals surface area contributed by atoms with Crippen molar-refractivity contribution in [3.63, 3.8) is 0 Å². The number of rotatable bonds is 4. The van der Waals surface area contributed by atoms with Gasteiger partial charge in [-0.1, -0.05) is 23.2 Å². The average Bonchev–Trinajstić information content (AvgIpc) is 3.23. The highest BCUT2D eigenvalue weighted by Crippen LogP contribution is 2.29. The number of carbonyl (C=O) groups is 1. The predicted octanol–water partition coefficient (Wildman–Crippen LogP) is 5.34. The van der Waals surface area contributed by atoms with Gasteiger partial charge in [0.05, 0.1) is 32.3 Å². The van der Waals surface area contributed by atoms with Gasteiger partial charge in [-0.25, -0.2) is 9.98 Å². The molecule has 0 spiro atoms. The molecular formula is C23H22Cl2N2O3. The number of ketones is 1. The van der Waals surface area contributed by atoms with Crippen LogP contribution in [0.3, 0.4) is 0 Å². The number of hydrogen-bond acceptors (Lipinski definition) is 5. The summed E-state index contributed by atoms with van der Waals surface area (Å²) in [5, 5.41) is 0.964. The van der Waals surface area contributed by atoms with Crippen LogP contribution in [0.25, 0.3) is 0 Å². The standard InChI is InChI=1S/C23H22Cl2N2O3/c1-22(2)11-29-20(26-22)15-9-13(5-7-17(15)24)19(28)14-6-8-18(25)16(10-14)21-27-23(3,4)12-30-21/h5-10H,11-12H2,1-4H3. The van der Waals surface area contributed by atoms with Crippen molar-refractivity contribution in [2.24, 2.45) is 9.98 Å². The number of ether oxygens (including phenoxy) is 2. The quantitative estimate of drug-likeness (QED) is 0.598. The van der Waals surface area contributed by atoms with E-state index in [-0.39, 0.29) is 16.9 Å². The van der Waals surface area contributed by atoms with Crippen molar-refractivity contribution in [1.82, 2.24) is 0 Å². The van der Waals surface area contributed by atoms with Crippen molar-refractivity contribution in [3.05, 3.63) is 68.7 Å². The van der Waals surface area contributed by atoms with Gasteiger partial charge in [0.2, 0.25) is 11.8 Å². The van der Waals surface area contributed by atoms with Crippen molar-refractivity contribution in [3.8, 4) is 0 Å². The highest BCUT2D eigenvalue weighted by Gasteiger charge is 2.30. The predicted molar refractivity (Wildman–Crippen MR) is 119 cm³/mol. The lowest BCUT2D eigenvalue weighted by atomic mass is 9.99. The van der Waals surface area contributed by atoms with Crippen LogP contribution in [0.5, 0.6) is 0 Å². The molecule has 0 aromatic heterocycles. The van der Waals surface area contributed by atoms with Crippen LogP contribution in [0.4, 0.5) is 0 Å². The van der Waals surface area contributed by atoms with Gasteiger partial charge in [-0.05, 0) is 64.1 Å². The molecule has 5 nitrogen and oxygen atoms in total. The summed E-state index contributed by atoms with van der Waals surface area (Å²) in [4.78, 5) is 22.3. The summed E-state index contributed by atoms with van der Waals surface area (Å²) in [6.07, 6.45) is 0. The Labute approximate surface area is 185 Å². The van der Waals surface area contributed by atoms with E-state index in [1.165, 1.54) is 0 Å². The summed E-state index contributed by atoms with van der Waals surface area (Å²) in [5.74, 6) is 0.737. The Morgan fingerprint density at radius 2 is 1.20 bits per heavy atom. The van der Waals surface area contributed by atoms with E-state index in [2.05, 4.69) is 9.98 Å². The summed E-state index contributed by atoms with van der Waals surface area (Å²) in [6, 6.07) is 10.2. The first kappa shape index (κ1) is 20.9. The molecule has 2 heterocycles. The zero-order valence-corrected chi connectivity index (χ0v) is 18.8. The number of halogens is 2. The third-order valence-corrected chi connectivity index (χ3v) is 5.51. The van der Waals surface area contributed by atoms with Crippen molar-refractivity contribution in [1.29, 1.82) is 0 Å². The average molecular weight is 445 g/mol. The third kappa shape index (κ3) is 4.09. The van der Waals surface area contributed by atoms with Crippen LogP contribution in [-0.4, -0.2) is 41.9 Å². The molecule has 2 aromatic rings. The van der Waals surface area contributed by atoms with Gasteiger partial charge in [-0.2, -0.15) is 0 Å². The molecule has 0 fully saturated rings. The molecule has 2 aliphatic heterocycles. The minimum absolute atomic E-state index is 0.165. The van der Waals surface area contributed by atoms with E-state index >= 15 is 0 Å². The second-order valence-electron chi connectivity index (χ2n) is 8.75. The molecule has 156 valence electrons. The number of benzene rings is 2. The second kappa shape index (κ2) is 7.40. The highest BCUT2D eigenvalue weighted by atomic mass is 35.5. The summed E-state index contributed by atoms with van der Waals surface area (Å²) < 4.78 is 11.4. The fourth-order valence-corrected chi connectivity index (χ4v) is 3.67. The Kier molecular flexibility index (Phi) is 5.15. The Hall–Kier alpha value is -2.37. The molecule has 0 radical (unpaired) electrons. The lowest BCUT2D eigenvalue weighted by Gasteiger charge is -2.09. The summed E-state index contributed by atoms with van der Waals surface area (Å²) >= 11 is 12.7. The Morgan fingerprint density at radius 1 is 0.800 bits per heavy atom. The maximum atomic E-state index is 13.2. The van der Waals surface area contributed by atoms with Gasteiger partial charge >= 0.3 is 0 Å². The van der Waals surface area contributed by atoms with Gasteiger partial charge in [-0.15, -0.1) is 0 Å². The Balaban J connectivity index is 1.69. The van der Waals surface area contributed by atoms with Crippen LogP contribution in [-0.2, 0) is 9.47 Å². The molecule has 0 saturated heterocycles. The van der Waals surface area contributed by atoms with Gasteiger partial charge in [0.25, 0.3) is 0 Å². The van der Waals surface area contributed by atoms with Crippen LogP contribution in [0.1, 0.15) is 54.7 Å². The Bertz CT molecular complexity index is 1020. The Morgan fingerprint density at radius 3 is 1.53 bits per heavy atom. The summed E-state index contributed by atoms with van der Waals surface area (Å²) in [6.45, 7) is 8.85. The molecule has 0 atom stereocenters. The molecule has 0 saturated carbocycles. The third-order valence-electron chi connectivity index (χ3n) is 4.85. The maximum absolute atomic E-state index is 13.2.